The Kier molecular flexibility index (Phi) is 6.07. The van der Waals surface area contributed by atoms with Crippen molar-refractivity contribution in [1.82, 2.24) is 29.9 Å². The molecule has 11 heteroatoms. The van der Waals surface area contributed by atoms with Crippen molar-refractivity contribution < 1.29 is 18.0 Å². The molecule has 3 aromatic heterocycles. The highest BCUT2D eigenvalue weighted by atomic mass is 35.5. The Bertz CT molecular complexity index is 1100. The standard InChI is InChI=1S/C19H22ClF3N6O/c1-10-8-14(19(21,22)23)16-11(2)26-29(18(16)25-10)9-15(30)24-6-5-7-28-13(4)17(20)12(3)27-28/h8H,5-7,9H2,1-4H3,(H,24,30). The lowest BCUT2D eigenvalue weighted by atomic mass is 10.1. The van der Waals surface area contributed by atoms with E-state index in [0.29, 0.717) is 24.5 Å². The highest BCUT2D eigenvalue weighted by Gasteiger charge is 2.35. The van der Waals surface area contributed by atoms with Crippen molar-refractivity contribution >= 4 is 28.5 Å². The topological polar surface area (TPSA) is 77.6 Å². The Morgan fingerprint density at radius 3 is 2.40 bits per heavy atom. The van der Waals surface area contributed by atoms with Crippen LogP contribution in [0.1, 0.15) is 34.8 Å². The number of hydrogen-bond acceptors (Lipinski definition) is 4. The lowest BCUT2D eigenvalue weighted by molar-refractivity contribution is -0.136. The zero-order valence-electron chi connectivity index (χ0n) is 17.1. The fourth-order valence-corrected chi connectivity index (χ4v) is 3.49. The van der Waals surface area contributed by atoms with Crippen LogP contribution >= 0.6 is 11.6 Å². The minimum Gasteiger partial charge on any atom is -0.354 e. The first-order valence-corrected chi connectivity index (χ1v) is 9.75. The molecule has 0 unspecified atom stereocenters. The van der Waals surface area contributed by atoms with Gasteiger partial charge in [0.2, 0.25) is 5.91 Å². The quantitative estimate of drug-likeness (QED) is 0.590. The van der Waals surface area contributed by atoms with Gasteiger partial charge in [-0.2, -0.15) is 23.4 Å². The minimum atomic E-state index is -4.53. The predicted octanol–water partition coefficient (Wildman–Crippen LogP) is 3.74. The van der Waals surface area contributed by atoms with Gasteiger partial charge in [-0.3, -0.25) is 9.48 Å². The first-order valence-electron chi connectivity index (χ1n) is 9.37. The zero-order valence-corrected chi connectivity index (χ0v) is 17.8. The number of fused-ring (bicyclic) bond motifs is 1. The summed E-state index contributed by atoms with van der Waals surface area (Å²) in [5.41, 5.74) is 1.25. The number of nitrogens with one attached hydrogen (secondary N) is 1. The molecular weight excluding hydrogens is 421 g/mol. The van der Waals surface area contributed by atoms with E-state index in [0.717, 1.165) is 17.5 Å². The van der Waals surface area contributed by atoms with Crippen molar-refractivity contribution in [2.45, 2.75) is 53.4 Å². The number of aryl methyl sites for hydroxylation is 4. The van der Waals surface area contributed by atoms with Gasteiger partial charge in [-0.1, -0.05) is 11.6 Å². The van der Waals surface area contributed by atoms with E-state index in [-0.39, 0.29) is 34.9 Å². The van der Waals surface area contributed by atoms with Crippen molar-refractivity contribution in [3.63, 3.8) is 0 Å². The fraction of sp³-hybridized carbons (Fsp3) is 0.474. The average Bonchev–Trinajstić information content (AvgIpc) is 3.08. The Labute approximate surface area is 176 Å². The summed E-state index contributed by atoms with van der Waals surface area (Å²) >= 11 is 6.11. The van der Waals surface area contributed by atoms with Crippen LogP contribution in [0.25, 0.3) is 11.0 Å². The molecule has 0 saturated carbocycles. The summed E-state index contributed by atoms with van der Waals surface area (Å²) in [7, 11) is 0. The van der Waals surface area contributed by atoms with E-state index in [2.05, 4.69) is 20.5 Å². The van der Waals surface area contributed by atoms with Crippen molar-refractivity contribution in [2.24, 2.45) is 0 Å². The second-order valence-electron chi connectivity index (χ2n) is 7.16. The van der Waals surface area contributed by atoms with Crippen molar-refractivity contribution in [2.75, 3.05) is 6.54 Å². The van der Waals surface area contributed by atoms with Gasteiger partial charge in [-0.25, -0.2) is 9.67 Å². The molecule has 3 rings (SSSR count). The number of aromatic nitrogens is 5. The molecule has 0 aromatic carbocycles. The second kappa shape index (κ2) is 8.25. The molecule has 0 bridgehead atoms. The Morgan fingerprint density at radius 2 is 1.80 bits per heavy atom. The Hall–Kier alpha value is -2.62. The molecule has 0 aliphatic carbocycles. The molecule has 0 aliphatic heterocycles. The number of hydrogen-bond donors (Lipinski definition) is 1. The fourth-order valence-electron chi connectivity index (χ4n) is 3.35. The van der Waals surface area contributed by atoms with Gasteiger partial charge in [0.05, 0.1) is 33.1 Å². The maximum atomic E-state index is 13.4. The molecule has 1 N–H and O–H groups in total. The monoisotopic (exact) mass is 442 g/mol. The molecule has 3 heterocycles. The molecule has 0 aliphatic rings. The smallest absolute Gasteiger partial charge is 0.354 e. The van der Waals surface area contributed by atoms with E-state index in [9.17, 15) is 18.0 Å². The van der Waals surface area contributed by atoms with Crippen LogP contribution in [-0.4, -0.2) is 37.0 Å². The summed E-state index contributed by atoms with van der Waals surface area (Å²) in [6, 6.07) is 0.993. The Balaban J connectivity index is 1.67. The van der Waals surface area contributed by atoms with Crippen LogP contribution in [0.4, 0.5) is 13.2 Å². The summed E-state index contributed by atoms with van der Waals surface area (Å²) in [6.07, 6.45) is -3.91. The van der Waals surface area contributed by atoms with Crippen LogP contribution < -0.4 is 5.32 Å². The molecule has 1 amide bonds. The first kappa shape index (κ1) is 22.1. The SMILES string of the molecule is Cc1cc(C(F)(F)F)c2c(C)nn(CC(=O)NCCCn3nc(C)c(Cl)c3C)c2n1. The van der Waals surface area contributed by atoms with Crippen LogP contribution in [0.5, 0.6) is 0 Å². The third-order valence-electron chi connectivity index (χ3n) is 4.77. The lowest BCUT2D eigenvalue weighted by Crippen LogP contribution is -2.29. The molecule has 0 radical (unpaired) electrons. The minimum absolute atomic E-state index is 0.0484. The predicted molar refractivity (Wildman–Crippen MR) is 106 cm³/mol. The number of halogens is 4. The maximum Gasteiger partial charge on any atom is 0.417 e. The van der Waals surface area contributed by atoms with Crippen molar-refractivity contribution in [3.05, 3.63) is 39.4 Å². The Morgan fingerprint density at radius 1 is 1.13 bits per heavy atom. The number of pyridine rings is 1. The molecule has 30 heavy (non-hydrogen) atoms. The molecule has 0 fully saturated rings. The van der Waals surface area contributed by atoms with Crippen LogP contribution in [0.15, 0.2) is 6.07 Å². The average molecular weight is 443 g/mol. The van der Waals surface area contributed by atoms with Gasteiger partial charge >= 0.3 is 6.18 Å². The van der Waals surface area contributed by atoms with Gasteiger partial charge in [0, 0.05) is 18.8 Å². The third-order valence-corrected chi connectivity index (χ3v) is 5.31. The summed E-state index contributed by atoms with van der Waals surface area (Å²) in [5.74, 6) is -0.359. The highest BCUT2D eigenvalue weighted by Crippen LogP contribution is 2.36. The molecule has 0 atom stereocenters. The van der Waals surface area contributed by atoms with Gasteiger partial charge in [-0.15, -0.1) is 0 Å². The molecule has 162 valence electrons. The van der Waals surface area contributed by atoms with E-state index < -0.39 is 11.7 Å². The summed E-state index contributed by atoms with van der Waals surface area (Å²) in [5, 5.41) is 11.7. The van der Waals surface area contributed by atoms with Crippen LogP contribution in [0, 0.1) is 27.7 Å². The van der Waals surface area contributed by atoms with E-state index in [1.807, 2.05) is 13.8 Å². The molecule has 0 saturated heterocycles. The zero-order chi connectivity index (χ0) is 22.2. The molecule has 3 aromatic rings. The van der Waals surface area contributed by atoms with Crippen molar-refractivity contribution in [1.29, 1.82) is 0 Å². The van der Waals surface area contributed by atoms with E-state index in [1.165, 1.54) is 18.5 Å². The largest absolute Gasteiger partial charge is 0.417 e. The van der Waals surface area contributed by atoms with E-state index in [4.69, 9.17) is 11.6 Å². The van der Waals surface area contributed by atoms with Crippen LogP contribution in [0.2, 0.25) is 5.02 Å². The van der Waals surface area contributed by atoms with Gasteiger partial charge in [-0.05, 0) is 40.2 Å². The van der Waals surface area contributed by atoms with Crippen molar-refractivity contribution in [3.8, 4) is 0 Å². The number of amides is 1. The van der Waals surface area contributed by atoms with E-state index >= 15 is 0 Å². The number of alkyl halides is 3. The molecular formula is C19H22ClF3N6O. The van der Waals surface area contributed by atoms with Crippen LogP contribution in [0.3, 0.4) is 0 Å². The van der Waals surface area contributed by atoms with E-state index in [1.54, 1.807) is 4.68 Å². The molecule has 0 spiro atoms. The molecule has 7 nitrogen and oxygen atoms in total. The lowest BCUT2D eigenvalue weighted by Gasteiger charge is -2.10. The number of carbonyl (C=O) groups is 1. The normalized spacial score (nSPS) is 12.0. The van der Waals surface area contributed by atoms with Gasteiger partial charge in [0.25, 0.3) is 0 Å². The van der Waals surface area contributed by atoms with Gasteiger partial charge in [0.1, 0.15) is 6.54 Å². The number of carbonyl (C=O) groups excluding carboxylic acids is 1. The highest BCUT2D eigenvalue weighted by molar-refractivity contribution is 6.31. The third kappa shape index (κ3) is 4.43. The second-order valence-corrected chi connectivity index (χ2v) is 7.54. The van der Waals surface area contributed by atoms with Gasteiger partial charge in [0.15, 0.2) is 5.65 Å². The maximum absolute atomic E-state index is 13.4. The first-order chi connectivity index (χ1) is 14.0. The van der Waals surface area contributed by atoms with Gasteiger partial charge < -0.3 is 5.32 Å². The summed E-state index contributed by atoms with van der Waals surface area (Å²) in [6.45, 7) is 7.39. The van der Waals surface area contributed by atoms with Crippen LogP contribution in [-0.2, 0) is 24.1 Å². The number of rotatable bonds is 6. The number of nitrogens with zero attached hydrogens (tertiary/aromatic N) is 5. The summed E-state index contributed by atoms with van der Waals surface area (Å²) < 4.78 is 43.2. The summed E-state index contributed by atoms with van der Waals surface area (Å²) in [4.78, 5) is 16.5.